The Morgan fingerprint density at radius 2 is 1.90 bits per heavy atom. The Morgan fingerprint density at radius 3 is 2.60 bits per heavy atom. The third kappa shape index (κ3) is 4.95. The summed E-state index contributed by atoms with van der Waals surface area (Å²) in [6.07, 6.45) is -0.777. The summed E-state index contributed by atoms with van der Waals surface area (Å²) in [5.74, 6) is 0.234. The number of hydrogen-bond acceptors (Lipinski definition) is 5. The number of aryl methyl sites for hydroxylation is 1. The zero-order valence-corrected chi connectivity index (χ0v) is 18.7. The molecule has 1 aliphatic rings. The van der Waals surface area contributed by atoms with Gasteiger partial charge in [-0.25, -0.2) is 8.42 Å². The van der Waals surface area contributed by atoms with Gasteiger partial charge in [0.1, 0.15) is 10.6 Å². The lowest BCUT2D eigenvalue weighted by Gasteiger charge is -2.26. The number of ether oxygens (including phenoxy) is 2. The Balaban J connectivity index is 1.76. The molecular weight excluding hydrogens is 428 g/mol. The van der Waals surface area contributed by atoms with Gasteiger partial charge in [0, 0.05) is 18.8 Å². The zero-order valence-electron chi connectivity index (χ0n) is 17.1. The molecule has 2 aromatic rings. The highest BCUT2D eigenvalue weighted by Crippen LogP contribution is 2.28. The summed E-state index contributed by atoms with van der Waals surface area (Å²) in [5, 5.41) is 2.80. The molecule has 0 bridgehead atoms. The fourth-order valence-electron chi connectivity index (χ4n) is 3.04. The van der Waals surface area contributed by atoms with Crippen LogP contribution in [0.4, 0.5) is 5.69 Å². The maximum atomic E-state index is 12.9. The van der Waals surface area contributed by atoms with Crippen molar-refractivity contribution in [2.24, 2.45) is 0 Å². The maximum Gasteiger partial charge on any atom is 0.265 e. The van der Waals surface area contributed by atoms with Gasteiger partial charge in [-0.3, -0.25) is 4.79 Å². The number of hydrogen-bond donors (Lipinski definition) is 1. The van der Waals surface area contributed by atoms with E-state index < -0.39 is 22.0 Å². The molecule has 0 spiro atoms. The van der Waals surface area contributed by atoms with E-state index in [1.165, 1.54) is 16.4 Å². The second kappa shape index (κ2) is 9.34. The van der Waals surface area contributed by atoms with E-state index in [9.17, 15) is 13.2 Å². The minimum absolute atomic E-state index is 0.0491. The van der Waals surface area contributed by atoms with Gasteiger partial charge in [0.15, 0.2) is 6.10 Å². The number of carbonyl (C=O) groups is 1. The summed E-state index contributed by atoms with van der Waals surface area (Å²) in [7, 11) is -3.79. The Morgan fingerprint density at radius 1 is 1.20 bits per heavy atom. The van der Waals surface area contributed by atoms with E-state index in [2.05, 4.69) is 5.32 Å². The molecule has 0 saturated carbocycles. The fourth-order valence-corrected chi connectivity index (χ4v) is 4.95. The highest BCUT2D eigenvalue weighted by Gasteiger charge is 2.29. The molecule has 9 heteroatoms. The van der Waals surface area contributed by atoms with Crippen LogP contribution < -0.4 is 10.1 Å². The van der Waals surface area contributed by atoms with E-state index >= 15 is 0 Å². The molecule has 1 saturated heterocycles. The first-order valence-electron chi connectivity index (χ1n) is 9.61. The number of amides is 1. The largest absolute Gasteiger partial charge is 0.481 e. The highest BCUT2D eigenvalue weighted by molar-refractivity contribution is 7.89. The van der Waals surface area contributed by atoms with Crippen LogP contribution in [-0.4, -0.2) is 51.0 Å². The Hall–Kier alpha value is -2.13. The van der Waals surface area contributed by atoms with Crippen molar-refractivity contribution >= 4 is 33.2 Å². The molecule has 1 aliphatic heterocycles. The molecule has 1 heterocycles. The SMILES string of the molecule is Cc1cccc(OC(C)C(=O)Nc2ccc(Cl)c(S(=O)(=O)N3CCOCC3)c2)c1C. The first-order valence-corrected chi connectivity index (χ1v) is 11.4. The molecule has 162 valence electrons. The van der Waals surface area contributed by atoms with Crippen LogP contribution in [0.3, 0.4) is 0 Å². The predicted molar refractivity (Wildman–Crippen MR) is 116 cm³/mol. The number of anilines is 1. The second-order valence-corrected chi connectivity index (χ2v) is 9.42. The van der Waals surface area contributed by atoms with Crippen LogP contribution in [0.1, 0.15) is 18.1 Å². The molecule has 7 nitrogen and oxygen atoms in total. The number of sulfonamides is 1. The van der Waals surface area contributed by atoms with Crippen LogP contribution in [0.5, 0.6) is 5.75 Å². The van der Waals surface area contributed by atoms with Crippen LogP contribution >= 0.6 is 11.6 Å². The molecule has 1 unspecified atom stereocenters. The molecule has 1 amide bonds. The fraction of sp³-hybridized carbons (Fsp3) is 0.381. The molecule has 2 aromatic carbocycles. The van der Waals surface area contributed by atoms with Gasteiger partial charge in [0.25, 0.3) is 5.91 Å². The molecule has 1 N–H and O–H groups in total. The lowest BCUT2D eigenvalue weighted by Crippen LogP contribution is -2.40. The molecule has 0 aliphatic carbocycles. The van der Waals surface area contributed by atoms with Gasteiger partial charge in [0.2, 0.25) is 10.0 Å². The van der Waals surface area contributed by atoms with Gasteiger partial charge >= 0.3 is 0 Å². The van der Waals surface area contributed by atoms with Gasteiger partial charge in [0.05, 0.1) is 18.2 Å². The number of benzene rings is 2. The van der Waals surface area contributed by atoms with Crippen LogP contribution in [0.2, 0.25) is 5.02 Å². The van der Waals surface area contributed by atoms with Crippen molar-refractivity contribution in [2.45, 2.75) is 31.8 Å². The van der Waals surface area contributed by atoms with E-state index in [1.807, 2.05) is 26.0 Å². The first-order chi connectivity index (χ1) is 14.2. The Kier molecular flexibility index (Phi) is 7.02. The molecule has 0 radical (unpaired) electrons. The first kappa shape index (κ1) is 22.6. The summed E-state index contributed by atoms with van der Waals surface area (Å²) in [6, 6.07) is 10.0. The minimum atomic E-state index is -3.79. The number of halogens is 1. The Bertz CT molecular complexity index is 1040. The minimum Gasteiger partial charge on any atom is -0.481 e. The highest BCUT2D eigenvalue weighted by atomic mass is 35.5. The number of rotatable bonds is 6. The zero-order chi connectivity index (χ0) is 21.9. The quantitative estimate of drug-likeness (QED) is 0.726. The standard InChI is InChI=1S/C21H25ClN2O5S/c1-14-5-4-6-19(15(14)2)29-16(3)21(25)23-17-7-8-18(22)20(13-17)30(26,27)24-9-11-28-12-10-24/h4-8,13,16H,9-12H2,1-3H3,(H,23,25). The lowest BCUT2D eigenvalue weighted by molar-refractivity contribution is -0.122. The number of nitrogens with zero attached hydrogens (tertiary/aromatic N) is 1. The summed E-state index contributed by atoms with van der Waals surface area (Å²) in [6.45, 7) is 6.72. The number of morpholine rings is 1. The van der Waals surface area contributed by atoms with Crippen molar-refractivity contribution in [2.75, 3.05) is 31.6 Å². The van der Waals surface area contributed by atoms with Crippen molar-refractivity contribution in [1.82, 2.24) is 4.31 Å². The number of carbonyl (C=O) groups excluding carboxylic acids is 1. The van der Waals surface area contributed by atoms with Crippen LogP contribution in [0, 0.1) is 13.8 Å². The molecule has 0 aromatic heterocycles. The van der Waals surface area contributed by atoms with Crippen molar-refractivity contribution in [3.05, 3.63) is 52.5 Å². The average Bonchev–Trinajstić information content (AvgIpc) is 2.73. The summed E-state index contributed by atoms with van der Waals surface area (Å²) in [4.78, 5) is 12.6. The van der Waals surface area contributed by atoms with Crippen molar-refractivity contribution in [3.63, 3.8) is 0 Å². The van der Waals surface area contributed by atoms with Gasteiger partial charge < -0.3 is 14.8 Å². The molecule has 1 fully saturated rings. The smallest absolute Gasteiger partial charge is 0.265 e. The monoisotopic (exact) mass is 452 g/mol. The normalized spacial score (nSPS) is 16.1. The van der Waals surface area contributed by atoms with E-state index in [1.54, 1.807) is 19.1 Å². The third-order valence-corrected chi connectivity index (χ3v) is 7.39. The summed E-state index contributed by atoms with van der Waals surface area (Å²) < 4.78 is 38.2. The summed E-state index contributed by atoms with van der Waals surface area (Å²) in [5.41, 5.74) is 2.35. The van der Waals surface area contributed by atoms with Crippen molar-refractivity contribution in [1.29, 1.82) is 0 Å². The van der Waals surface area contributed by atoms with Crippen molar-refractivity contribution in [3.8, 4) is 5.75 Å². The van der Waals surface area contributed by atoms with Crippen LogP contribution in [0.25, 0.3) is 0 Å². The molecule has 30 heavy (non-hydrogen) atoms. The predicted octanol–water partition coefficient (Wildman–Crippen LogP) is 3.38. The second-order valence-electron chi connectivity index (χ2n) is 7.11. The average molecular weight is 453 g/mol. The Labute approximate surface area is 182 Å². The number of nitrogens with one attached hydrogen (secondary N) is 1. The van der Waals surface area contributed by atoms with Gasteiger partial charge in [-0.2, -0.15) is 4.31 Å². The van der Waals surface area contributed by atoms with Gasteiger partial charge in [-0.05, 0) is 56.2 Å². The van der Waals surface area contributed by atoms with E-state index in [4.69, 9.17) is 21.1 Å². The molecule has 3 rings (SSSR count). The summed E-state index contributed by atoms with van der Waals surface area (Å²) >= 11 is 6.16. The van der Waals surface area contributed by atoms with Gasteiger partial charge in [-0.1, -0.05) is 23.7 Å². The molecular formula is C21H25ClN2O5S. The maximum absolute atomic E-state index is 12.9. The van der Waals surface area contributed by atoms with Gasteiger partial charge in [-0.15, -0.1) is 0 Å². The van der Waals surface area contributed by atoms with Crippen LogP contribution in [-0.2, 0) is 19.6 Å². The lowest BCUT2D eigenvalue weighted by atomic mass is 10.1. The van der Waals surface area contributed by atoms with Crippen molar-refractivity contribution < 1.29 is 22.7 Å². The third-order valence-electron chi connectivity index (χ3n) is 5.01. The van der Waals surface area contributed by atoms with E-state index in [0.29, 0.717) is 24.7 Å². The topological polar surface area (TPSA) is 84.9 Å². The van der Waals surface area contributed by atoms with Crippen LogP contribution in [0.15, 0.2) is 41.3 Å². The van der Waals surface area contributed by atoms with E-state index in [0.717, 1.165) is 11.1 Å². The van der Waals surface area contributed by atoms with E-state index in [-0.39, 0.29) is 23.0 Å². The molecule has 1 atom stereocenters.